The first-order valence-electron chi connectivity index (χ1n) is 25.2. The molecule has 0 aromatic heterocycles. The lowest BCUT2D eigenvalue weighted by Gasteiger charge is -2.24. The van der Waals surface area contributed by atoms with E-state index in [1.165, 1.54) is 116 Å². The van der Waals surface area contributed by atoms with Crippen molar-refractivity contribution in [1.29, 1.82) is 0 Å². The summed E-state index contributed by atoms with van der Waals surface area (Å²) in [6.07, 6.45) is 59.7. The quantitative estimate of drug-likeness (QED) is 0.0246. The number of unbranched alkanes of at least 4 members (excludes halogenated alkanes) is 24. The Kier molecular flexibility index (Phi) is 45.2. The molecule has 0 aliphatic heterocycles. The van der Waals surface area contributed by atoms with E-state index < -0.39 is 18.2 Å². The number of hydrogen-bond acceptors (Lipinski definition) is 5. The first-order chi connectivity index (χ1) is 29.5. The first kappa shape index (κ1) is 57.3. The highest BCUT2D eigenvalue weighted by molar-refractivity contribution is 5.77. The lowest BCUT2D eigenvalue weighted by atomic mass is 10.0. The van der Waals surface area contributed by atoms with Gasteiger partial charge in [0.05, 0.1) is 25.2 Å². The van der Waals surface area contributed by atoms with Crippen LogP contribution in [0.25, 0.3) is 0 Å². The van der Waals surface area contributed by atoms with Gasteiger partial charge in [0.25, 0.3) is 0 Å². The van der Waals surface area contributed by atoms with Crippen LogP contribution in [0, 0.1) is 0 Å². The van der Waals surface area contributed by atoms with Gasteiger partial charge in [-0.2, -0.15) is 0 Å². The average Bonchev–Trinajstić information content (AvgIpc) is 3.24. The number of hydrogen-bond donors (Lipinski definition) is 3. The van der Waals surface area contributed by atoms with Crippen molar-refractivity contribution in [2.24, 2.45) is 0 Å². The summed E-state index contributed by atoms with van der Waals surface area (Å²) >= 11 is 0. The van der Waals surface area contributed by atoms with Crippen molar-refractivity contribution in [2.75, 3.05) is 6.61 Å². The summed E-state index contributed by atoms with van der Waals surface area (Å²) in [7, 11) is 0. The van der Waals surface area contributed by atoms with Gasteiger partial charge in [-0.15, -0.1) is 0 Å². The molecule has 6 nitrogen and oxygen atoms in total. The van der Waals surface area contributed by atoms with Gasteiger partial charge in [0.2, 0.25) is 5.91 Å². The van der Waals surface area contributed by atoms with Crippen molar-refractivity contribution in [3.05, 3.63) is 72.9 Å². The molecule has 3 N–H and O–H groups in total. The van der Waals surface area contributed by atoms with Crippen LogP contribution in [0.1, 0.15) is 233 Å². The second-order valence-corrected chi connectivity index (χ2v) is 17.0. The maximum atomic E-state index is 13.2. The van der Waals surface area contributed by atoms with Gasteiger partial charge in [0.1, 0.15) is 6.10 Å². The molecule has 0 aromatic carbocycles. The Balaban J connectivity index is 4.72. The summed E-state index contributed by atoms with van der Waals surface area (Å²) in [5.41, 5.74) is 0. The molecule has 3 unspecified atom stereocenters. The Morgan fingerprint density at radius 2 is 0.917 bits per heavy atom. The van der Waals surface area contributed by atoms with E-state index in [4.69, 9.17) is 4.74 Å². The van der Waals surface area contributed by atoms with Crippen molar-refractivity contribution in [2.45, 2.75) is 251 Å². The number of amides is 1. The van der Waals surface area contributed by atoms with Crippen LogP contribution in [0.5, 0.6) is 0 Å². The third-order valence-corrected chi connectivity index (χ3v) is 11.1. The van der Waals surface area contributed by atoms with E-state index in [2.05, 4.69) is 44.3 Å². The predicted octanol–water partition coefficient (Wildman–Crippen LogP) is 15.0. The van der Waals surface area contributed by atoms with E-state index in [-0.39, 0.29) is 24.9 Å². The molecule has 6 heteroatoms. The number of esters is 1. The van der Waals surface area contributed by atoms with Gasteiger partial charge in [-0.25, -0.2) is 0 Å². The number of carbonyl (C=O) groups is 2. The molecule has 0 aromatic rings. The fraction of sp³-hybridized carbons (Fsp3) is 0.741. The van der Waals surface area contributed by atoms with Gasteiger partial charge in [-0.05, 0) is 64.2 Å². The van der Waals surface area contributed by atoms with Gasteiger partial charge in [0, 0.05) is 6.42 Å². The molecule has 0 saturated heterocycles. The van der Waals surface area contributed by atoms with Crippen LogP contribution < -0.4 is 5.32 Å². The van der Waals surface area contributed by atoms with Crippen LogP contribution in [0.4, 0.5) is 0 Å². The maximum Gasteiger partial charge on any atom is 0.306 e. The normalized spacial score (nSPS) is 13.9. The van der Waals surface area contributed by atoms with E-state index in [0.717, 1.165) is 64.2 Å². The Bertz CT molecular complexity index is 1120. The molecular formula is C54H95NO5. The number of aliphatic hydroxyl groups is 2. The summed E-state index contributed by atoms with van der Waals surface area (Å²) in [6.45, 7) is 6.31. The molecule has 0 aliphatic rings. The van der Waals surface area contributed by atoms with Gasteiger partial charge in [-0.3, -0.25) is 9.59 Å². The van der Waals surface area contributed by atoms with Crippen molar-refractivity contribution >= 4 is 11.9 Å². The minimum Gasteiger partial charge on any atom is -0.462 e. The molecule has 0 spiro atoms. The number of nitrogens with one attached hydrogen (secondary N) is 1. The molecule has 0 radical (unpaired) electrons. The third-order valence-electron chi connectivity index (χ3n) is 11.1. The number of ether oxygens (including phenoxy) is 1. The second-order valence-electron chi connectivity index (χ2n) is 17.0. The highest BCUT2D eigenvalue weighted by Crippen LogP contribution is 2.17. The number of rotatable bonds is 44. The molecule has 346 valence electrons. The lowest BCUT2D eigenvalue weighted by Crippen LogP contribution is -2.46. The smallest absolute Gasteiger partial charge is 0.306 e. The summed E-state index contributed by atoms with van der Waals surface area (Å²) in [5.74, 6) is -0.578. The van der Waals surface area contributed by atoms with Crippen molar-refractivity contribution in [1.82, 2.24) is 5.32 Å². The number of aliphatic hydroxyl groups excluding tert-OH is 2. The lowest BCUT2D eigenvalue weighted by molar-refractivity contribution is -0.151. The van der Waals surface area contributed by atoms with Crippen molar-refractivity contribution in [3.8, 4) is 0 Å². The summed E-state index contributed by atoms with van der Waals surface area (Å²) in [5, 5.41) is 23.7. The standard InChI is InChI=1S/C54H95NO5/c1-4-7-10-13-16-19-22-25-26-27-29-30-33-36-39-42-45-50(60-54(59)47-44-41-38-35-32-28-23-20-17-14-11-8-5-2)48-53(58)55-51(49-56)52(57)46-43-40-37-34-31-24-21-18-15-12-9-6-3/h8,11,14,17,20,23,28-30,32,35,38,50-52,56-57H,4-7,9-10,12-13,15-16,18-19,21-22,24-27,31,33-34,36-37,39-49H2,1-3H3,(H,55,58)/b11-8+,17-14+,23-20-,30-29+,32-28-,38-35+. The minimum absolute atomic E-state index is 0.0362. The average molecular weight is 838 g/mol. The number of carbonyl (C=O) groups excluding carboxylic acids is 2. The molecule has 0 bridgehead atoms. The van der Waals surface area contributed by atoms with Gasteiger partial charge < -0.3 is 20.3 Å². The second kappa shape index (κ2) is 47.4. The van der Waals surface area contributed by atoms with Crippen LogP contribution in [-0.2, 0) is 14.3 Å². The Morgan fingerprint density at radius 3 is 1.42 bits per heavy atom. The molecule has 3 atom stereocenters. The van der Waals surface area contributed by atoms with E-state index in [9.17, 15) is 19.8 Å². The molecule has 0 fully saturated rings. The fourth-order valence-electron chi connectivity index (χ4n) is 7.34. The summed E-state index contributed by atoms with van der Waals surface area (Å²) < 4.78 is 5.88. The fourth-order valence-corrected chi connectivity index (χ4v) is 7.34. The van der Waals surface area contributed by atoms with Crippen LogP contribution in [0.15, 0.2) is 72.9 Å². The van der Waals surface area contributed by atoms with Gasteiger partial charge in [-0.1, -0.05) is 229 Å². The van der Waals surface area contributed by atoms with Gasteiger partial charge in [0.15, 0.2) is 0 Å². The third kappa shape index (κ3) is 42.0. The molecule has 0 rings (SSSR count). The first-order valence-corrected chi connectivity index (χ1v) is 25.2. The Morgan fingerprint density at radius 1 is 0.500 bits per heavy atom. The number of allylic oxidation sites excluding steroid dienone is 12. The summed E-state index contributed by atoms with van der Waals surface area (Å²) in [4.78, 5) is 26.1. The SMILES string of the molecule is CC/C=C/C=C/C=C\C=C/C=C/CCCC(=O)OC(CCCCC/C=C/CCCCCCCCCCC)CC(=O)NC(CO)C(O)CCCCCCCCCCCCCC. The summed E-state index contributed by atoms with van der Waals surface area (Å²) in [6, 6.07) is -0.723. The Labute approximate surface area is 371 Å². The highest BCUT2D eigenvalue weighted by atomic mass is 16.5. The van der Waals surface area contributed by atoms with E-state index >= 15 is 0 Å². The topological polar surface area (TPSA) is 95.9 Å². The van der Waals surface area contributed by atoms with Crippen LogP contribution >= 0.6 is 0 Å². The molecule has 0 aliphatic carbocycles. The van der Waals surface area contributed by atoms with Crippen LogP contribution in [0.2, 0.25) is 0 Å². The molecular weight excluding hydrogens is 743 g/mol. The van der Waals surface area contributed by atoms with E-state index in [0.29, 0.717) is 25.7 Å². The van der Waals surface area contributed by atoms with E-state index in [1.54, 1.807) is 0 Å². The maximum absolute atomic E-state index is 13.2. The highest BCUT2D eigenvalue weighted by Gasteiger charge is 2.24. The zero-order valence-corrected chi connectivity index (χ0v) is 39.3. The molecule has 0 heterocycles. The van der Waals surface area contributed by atoms with Crippen LogP contribution in [0.3, 0.4) is 0 Å². The minimum atomic E-state index is -0.805. The predicted molar refractivity (Wildman–Crippen MR) is 259 cm³/mol. The zero-order valence-electron chi connectivity index (χ0n) is 39.3. The van der Waals surface area contributed by atoms with Crippen molar-refractivity contribution in [3.63, 3.8) is 0 Å². The molecule has 0 saturated carbocycles. The van der Waals surface area contributed by atoms with Crippen molar-refractivity contribution < 1.29 is 24.5 Å². The largest absolute Gasteiger partial charge is 0.462 e. The molecule has 60 heavy (non-hydrogen) atoms. The molecule has 1 amide bonds. The van der Waals surface area contributed by atoms with Gasteiger partial charge >= 0.3 is 5.97 Å². The van der Waals surface area contributed by atoms with E-state index in [1.807, 2.05) is 54.7 Å². The van der Waals surface area contributed by atoms with Crippen LogP contribution in [-0.4, -0.2) is 46.9 Å². The zero-order chi connectivity index (χ0) is 43.8. The Hall–Kier alpha value is -2.70. The monoisotopic (exact) mass is 838 g/mol.